The Morgan fingerprint density at radius 3 is 2.52 bits per heavy atom. The number of piperazine rings is 1. The number of esters is 1. The second-order valence-electron chi connectivity index (χ2n) is 5.84. The fourth-order valence-corrected chi connectivity index (χ4v) is 2.78. The Hall–Kier alpha value is -2.83. The van der Waals surface area contributed by atoms with Crippen LogP contribution in [0, 0.1) is 6.92 Å². The third-order valence-electron chi connectivity index (χ3n) is 4.21. The zero-order chi connectivity index (χ0) is 17.8. The molecule has 132 valence electrons. The molecule has 3 rings (SSSR count). The van der Waals surface area contributed by atoms with Gasteiger partial charge in [-0.3, -0.25) is 4.79 Å². The molecule has 0 atom stereocenters. The SMILES string of the molecule is CCOC(=O)c1ccc(N2CCN(C(=O)c3occc3C)CC2)nc1. The Morgan fingerprint density at radius 1 is 1.20 bits per heavy atom. The van der Waals surface area contributed by atoms with Crippen molar-refractivity contribution in [2.24, 2.45) is 0 Å². The van der Waals surface area contributed by atoms with Crippen LogP contribution in [0.1, 0.15) is 33.4 Å². The summed E-state index contributed by atoms with van der Waals surface area (Å²) < 4.78 is 10.2. The average Bonchev–Trinajstić information content (AvgIpc) is 3.07. The monoisotopic (exact) mass is 343 g/mol. The lowest BCUT2D eigenvalue weighted by Crippen LogP contribution is -2.49. The highest BCUT2D eigenvalue weighted by Gasteiger charge is 2.25. The zero-order valence-electron chi connectivity index (χ0n) is 14.4. The van der Waals surface area contributed by atoms with Gasteiger partial charge in [0, 0.05) is 37.9 Å². The molecular formula is C18H21N3O4. The van der Waals surface area contributed by atoms with Crippen LogP contribution in [-0.2, 0) is 4.74 Å². The molecular weight excluding hydrogens is 322 g/mol. The van der Waals surface area contributed by atoms with E-state index in [9.17, 15) is 9.59 Å². The molecule has 1 saturated heterocycles. The van der Waals surface area contributed by atoms with Crippen LogP contribution in [0.2, 0.25) is 0 Å². The first-order chi connectivity index (χ1) is 12.1. The summed E-state index contributed by atoms with van der Waals surface area (Å²) in [7, 11) is 0. The fraction of sp³-hybridized carbons (Fsp3) is 0.389. The van der Waals surface area contributed by atoms with Gasteiger partial charge < -0.3 is 19.0 Å². The molecule has 2 aromatic heterocycles. The van der Waals surface area contributed by atoms with Crippen molar-refractivity contribution in [2.45, 2.75) is 13.8 Å². The van der Waals surface area contributed by atoms with E-state index in [2.05, 4.69) is 9.88 Å². The van der Waals surface area contributed by atoms with Crippen molar-refractivity contribution in [3.8, 4) is 0 Å². The van der Waals surface area contributed by atoms with Gasteiger partial charge in [0.1, 0.15) is 5.82 Å². The predicted molar refractivity (Wildman–Crippen MR) is 91.8 cm³/mol. The Bertz CT molecular complexity index is 746. The minimum atomic E-state index is -0.370. The molecule has 3 heterocycles. The highest BCUT2D eigenvalue weighted by Crippen LogP contribution is 2.17. The number of hydrogen-bond acceptors (Lipinski definition) is 6. The zero-order valence-corrected chi connectivity index (χ0v) is 14.4. The highest BCUT2D eigenvalue weighted by atomic mass is 16.5. The number of pyridine rings is 1. The molecule has 7 heteroatoms. The van der Waals surface area contributed by atoms with Crippen molar-refractivity contribution >= 4 is 17.7 Å². The van der Waals surface area contributed by atoms with Gasteiger partial charge in [0.15, 0.2) is 5.76 Å². The molecule has 0 spiro atoms. The molecule has 0 aromatic carbocycles. The minimum Gasteiger partial charge on any atom is -0.462 e. The average molecular weight is 343 g/mol. The van der Waals surface area contributed by atoms with Crippen LogP contribution in [0.15, 0.2) is 35.1 Å². The van der Waals surface area contributed by atoms with Gasteiger partial charge in [-0.2, -0.15) is 0 Å². The van der Waals surface area contributed by atoms with E-state index in [1.165, 1.54) is 12.5 Å². The molecule has 1 fully saturated rings. The maximum absolute atomic E-state index is 12.5. The third kappa shape index (κ3) is 3.65. The van der Waals surface area contributed by atoms with Crippen LogP contribution in [-0.4, -0.2) is 54.5 Å². The van der Waals surface area contributed by atoms with Crippen molar-refractivity contribution in [1.29, 1.82) is 0 Å². The van der Waals surface area contributed by atoms with Crippen LogP contribution in [0.4, 0.5) is 5.82 Å². The number of furan rings is 1. The van der Waals surface area contributed by atoms with Crippen LogP contribution >= 0.6 is 0 Å². The summed E-state index contributed by atoms with van der Waals surface area (Å²) in [6.07, 6.45) is 3.06. The lowest BCUT2D eigenvalue weighted by atomic mass is 10.2. The maximum atomic E-state index is 12.5. The maximum Gasteiger partial charge on any atom is 0.339 e. The molecule has 0 aliphatic carbocycles. The van der Waals surface area contributed by atoms with E-state index in [1.54, 1.807) is 30.0 Å². The number of nitrogens with zero attached hydrogens (tertiary/aromatic N) is 3. The topological polar surface area (TPSA) is 75.9 Å². The molecule has 25 heavy (non-hydrogen) atoms. The normalized spacial score (nSPS) is 14.5. The van der Waals surface area contributed by atoms with Crippen molar-refractivity contribution in [3.05, 3.63) is 47.5 Å². The van der Waals surface area contributed by atoms with E-state index in [0.717, 1.165) is 11.4 Å². The Morgan fingerprint density at radius 2 is 1.96 bits per heavy atom. The second kappa shape index (κ2) is 7.38. The van der Waals surface area contributed by atoms with E-state index >= 15 is 0 Å². The summed E-state index contributed by atoms with van der Waals surface area (Å²) in [6, 6.07) is 5.31. The van der Waals surface area contributed by atoms with Crippen molar-refractivity contribution in [2.75, 3.05) is 37.7 Å². The molecule has 1 amide bonds. The number of amides is 1. The third-order valence-corrected chi connectivity index (χ3v) is 4.21. The van der Waals surface area contributed by atoms with Crippen molar-refractivity contribution < 1.29 is 18.7 Å². The molecule has 2 aromatic rings. The number of aryl methyl sites for hydroxylation is 1. The lowest BCUT2D eigenvalue weighted by molar-refractivity contribution is 0.0525. The first-order valence-electron chi connectivity index (χ1n) is 8.31. The first-order valence-corrected chi connectivity index (χ1v) is 8.31. The highest BCUT2D eigenvalue weighted by molar-refractivity contribution is 5.93. The fourth-order valence-electron chi connectivity index (χ4n) is 2.78. The molecule has 0 unspecified atom stereocenters. The summed E-state index contributed by atoms with van der Waals surface area (Å²) in [5.74, 6) is 0.748. The Labute approximate surface area is 146 Å². The number of hydrogen-bond donors (Lipinski definition) is 0. The van der Waals surface area contributed by atoms with E-state index in [0.29, 0.717) is 44.1 Å². The van der Waals surface area contributed by atoms with Gasteiger partial charge in [-0.15, -0.1) is 0 Å². The van der Waals surface area contributed by atoms with Crippen LogP contribution in [0.5, 0.6) is 0 Å². The Balaban J connectivity index is 1.60. The summed E-state index contributed by atoms with van der Waals surface area (Å²) in [5, 5.41) is 0. The predicted octanol–water partition coefficient (Wildman–Crippen LogP) is 2.12. The van der Waals surface area contributed by atoms with Crippen LogP contribution in [0.25, 0.3) is 0 Å². The van der Waals surface area contributed by atoms with Gasteiger partial charge in [-0.1, -0.05) is 0 Å². The first kappa shape index (κ1) is 17.0. The van der Waals surface area contributed by atoms with Gasteiger partial charge >= 0.3 is 5.97 Å². The van der Waals surface area contributed by atoms with Crippen LogP contribution in [0.3, 0.4) is 0 Å². The molecule has 0 saturated carbocycles. The number of carbonyl (C=O) groups is 2. The quantitative estimate of drug-likeness (QED) is 0.792. The number of carbonyl (C=O) groups excluding carboxylic acids is 2. The van der Waals surface area contributed by atoms with Crippen molar-refractivity contribution in [3.63, 3.8) is 0 Å². The van der Waals surface area contributed by atoms with E-state index in [-0.39, 0.29) is 11.9 Å². The molecule has 0 N–H and O–H groups in total. The Kier molecular flexibility index (Phi) is 5.02. The summed E-state index contributed by atoms with van der Waals surface area (Å²) in [5.41, 5.74) is 1.29. The summed E-state index contributed by atoms with van der Waals surface area (Å²) >= 11 is 0. The number of rotatable bonds is 4. The van der Waals surface area contributed by atoms with Crippen LogP contribution < -0.4 is 4.90 Å². The summed E-state index contributed by atoms with van der Waals surface area (Å²) in [4.78, 5) is 32.3. The van der Waals surface area contributed by atoms with E-state index < -0.39 is 0 Å². The molecule has 0 radical (unpaired) electrons. The van der Waals surface area contributed by atoms with E-state index in [1.807, 2.05) is 6.92 Å². The number of anilines is 1. The molecule has 0 bridgehead atoms. The van der Waals surface area contributed by atoms with Gasteiger partial charge in [0.2, 0.25) is 0 Å². The molecule has 1 aliphatic heterocycles. The molecule has 7 nitrogen and oxygen atoms in total. The van der Waals surface area contributed by atoms with Gasteiger partial charge in [-0.05, 0) is 32.0 Å². The van der Waals surface area contributed by atoms with Gasteiger partial charge in [-0.25, -0.2) is 9.78 Å². The second-order valence-corrected chi connectivity index (χ2v) is 5.84. The minimum absolute atomic E-state index is 0.0761. The van der Waals surface area contributed by atoms with E-state index in [4.69, 9.17) is 9.15 Å². The standard InChI is InChI=1S/C18H21N3O4/c1-3-24-18(23)14-4-5-15(19-12-14)20-7-9-21(10-8-20)17(22)16-13(2)6-11-25-16/h4-6,11-12H,3,7-10H2,1-2H3. The van der Waals surface area contributed by atoms with Gasteiger partial charge in [0.05, 0.1) is 18.4 Å². The summed E-state index contributed by atoms with van der Waals surface area (Å²) in [6.45, 7) is 6.52. The smallest absolute Gasteiger partial charge is 0.339 e. The largest absolute Gasteiger partial charge is 0.462 e. The number of aromatic nitrogens is 1. The van der Waals surface area contributed by atoms with Gasteiger partial charge in [0.25, 0.3) is 5.91 Å². The number of ether oxygens (including phenoxy) is 1. The molecule has 1 aliphatic rings. The van der Waals surface area contributed by atoms with Crippen molar-refractivity contribution in [1.82, 2.24) is 9.88 Å². The lowest BCUT2D eigenvalue weighted by Gasteiger charge is -2.35.